The van der Waals surface area contributed by atoms with E-state index in [9.17, 15) is 4.79 Å². The van der Waals surface area contributed by atoms with Crippen molar-refractivity contribution in [1.29, 1.82) is 0 Å². The molecule has 0 bridgehead atoms. The predicted octanol–water partition coefficient (Wildman–Crippen LogP) is 3.48. The maximum absolute atomic E-state index is 12.3. The van der Waals surface area contributed by atoms with Crippen molar-refractivity contribution in [3.05, 3.63) is 53.6 Å². The fraction of sp³-hybridized carbons (Fsp3) is 0.214. The number of Topliss-reactive ketones (excluding diaryl/α,β-unsaturated/α-hetero) is 1. The van der Waals surface area contributed by atoms with Gasteiger partial charge in [0.2, 0.25) is 0 Å². The van der Waals surface area contributed by atoms with Gasteiger partial charge in [-0.05, 0) is 13.0 Å². The summed E-state index contributed by atoms with van der Waals surface area (Å²) >= 11 is 1.79. The maximum atomic E-state index is 12.3. The number of carbonyl (C=O) groups excluding carboxylic acids is 1. The van der Waals surface area contributed by atoms with Crippen molar-refractivity contribution in [1.82, 2.24) is 0 Å². The Labute approximate surface area is 99.2 Å². The number of thioether (sulfide) groups is 1. The molecule has 0 N–H and O–H groups in total. The first-order valence-electron chi connectivity index (χ1n) is 5.42. The molecular formula is C14H12OS. The van der Waals surface area contributed by atoms with Crippen LogP contribution in [0.1, 0.15) is 17.3 Å². The Morgan fingerprint density at radius 2 is 2.06 bits per heavy atom. The van der Waals surface area contributed by atoms with Crippen molar-refractivity contribution in [3.63, 3.8) is 0 Å². The quantitative estimate of drug-likeness (QED) is 0.676. The smallest absolute Gasteiger partial charge is 0.172 e. The molecule has 0 saturated carbocycles. The molecule has 1 aromatic carbocycles. The van der Waals surface area contributed by atoms with E-state index in [0.717, 1.165) is 10.5 Å². The third-order valence-electron chi connectivity index (χ3n) is 3.06. The molecule has 3 rings (SSSR count). The van der Waals surface area contributed by atoms with Crippen molar-refractivity contribution < 1.29 is 4.79 Å². The van der Waals surface area contributed by atoms with Crippen molar-refractivity contribution in [3.8, 4) is 0 Å². The normalized spacial score (nSPS) is 27.1. The van der Waals surface area contributed by atoms with E-state index in [2.05, 4.69) is 18.2 Å². The molecule has 1 aliphatic carbocycles. The number of carbonyl (C=O) groups is 1. The zero-order valence-corrected chi connectivity index (χ0v) is 9.83. The van der Waals surface area contributed by atoms with Crippen LogP contribution in [-0.4, -0.2) is 11.0 Å². The van der Waals surface area contributed by atoms with Crippen LogP contribution in [0.5, 0.6) is 0 Å². The first kappa shape index (κ1) is 9.91. The molecule has 80 valence electrons. The van der Waals surface area contributed by atoms with Gasteiger partial charge in [0, 0.05) is 15.7 Å². The van der Waals surface area contributed by atoms with E-state index in [0.29, 0.717) is 0 Å². The van der Waals surface area contributed by atoms with Gasteiger partial charge in [0.1, 0.15) is 0 Å². The fourth-order valence-corrected chi connectivity index (χ4v) is 3.49. The molecule has 0 fully saturated rings. The maximum Gasteiger partial charge on any atom is 0.172 e. The summed E-state index contributed by atoms with van der Waals surface area (Å²) < 4.78 is 0. The van der Waals surface area contributed by atoms with Crippen LogP contribution >= 0.6 is 11.8 Å². The van der Waals surface area contributed by atoms with Crippen LogP contribution in [0.25, 0.3) is 0 Å². The van der Waals surface area contributed by atoms with Gasteiger partial charge in [-0.1, -0.05) is 42.0 Å². The number of fused-ring (bicyclic) bond motifs is 2. The molecule has 0 amide bonds. The van der Waals surface area contributed by atoms with Crippen molar-refractivity contribution in [2.45, 2.75) is 17.1 Å². The predicted molar refractivity (Wildman–Crippen MR) is 66.8 cm³/mol. The monoisotopic (exact) mass is 228 g/mol. The topological polar surface area (TPSA) is 17.1 Å². The second-order valence-electron chi connectivity index (χ2n) is 4.24. The van der Waals surface area contributed by atoms with Gasteiger partial charge in [-0.3, -0.25) is 4.79 Å². The number of hydrogen-bond acceptors (Lipinski definition) is 2. The van der Waals surface area contributed by atoms with Gasteiger partial charge in [-0.2, -0.15) is 0 Å². The second-order valence-corrected chi connectivity index (χ2v) is 5.46. The lowest BCUT2D eigenvalue weighted by atomic mass is 9.88. The first-order chi connectivity index (χ1) is 7.75. The van der Waals surface area contributed by atoms with E-state index < -0.39 is 0 Å². The fourth-order valence-electron chi connectivity index (χ4n) is 2.24. The lowest BCUT2D eigenvalue weighted by Gasteiger charge is -2.29. The summed E-state index contributed by atoms with van der Waals surface area (Å²) in [6, 6.07) is 7.90. The zero-order valence-electron chi connectivity index (χ0n) is 9.01. The van der Waals surface area contributed by atoms with Crippen molar-refractivity contribution in [2.75, 3.05) is 0 Å². The number of benzene rings is 1. The van der Waals surface area contributed by atoms with Crippen LogP contribution in [-0.2, 0) is 0 Å². The van der Waals surface area contributed by atoms with E-state index in [1.807, 2.05) is 31.2 Å². The Morgan fingerprint density at radius 1 is 1.25 bits per heavy atom. The Hall–Kier alpha value is -1.28. The van der Waals surface area contributed by atoms with Crippen LogP contribution in [0.4, 0.5) is 0 Å². The van der Waals surface area contributed by atoms with Crippen molar-refractivity contribution >= 4 is 17.5 Å². The van der Waals surface area contributed by atoms with Gasteiger partial charge < -0.3 is 0 Å². The number of rotatable bonds is 0. The molecule has 2 heteroatoms. The van der Waals surface area contributed by atoms with Gasteiger partial charge >= 0.3 is 0 Å². The Bertz CT molecular complexity index is 513. The zero-order chi connectivity index (χ0) is 11.1. The highest BCUT2D eigenvalue weighted by atomic mass is 32.2. The van der Waals surface area contributed by atoms with Crippen LogP contribution in [0, 0.1) is 5.92 Å². The van der Waals surface area contributed by atoms with Crippen LogP contribution in [0.15, 0.2) is 53.0 Å². The molecule has 1 aliphatic heterocycles. The number of allylic oxidation sites excluding steroid dienone is 3. The minimum Gasteiger partial charge on any atom is -0.293 e. The summed E-state index contributed by atoms with van der Waals surface area (Å²) in [4.78, 5) is 13.4. The molecule has 0 saturated heterocycles. The molecule has 0 radical (unpaired) electrons. The molecule has 2 atom stereocenters. The number of ketones is 1. The molecule has 2 unspecified atom stereocenters. The summed E-state index contributed by atoms with van der Waals surface area (Å²) in [5.41, 5.74) is 2.07. The van der Waals surface area contributed by atoms with Gasteiger partial charge in [0.25, 0.3) is 0 Å². The second kappa shape index (κ2) is 3.63. The third-order valence-corrected chi connectivity index (χ3v) is 4.40. The highest BCUT2D eigenvalue weighted by Gasteiger charge is 2.34. The van der Waals surface area contributed by atoms with Crippen LogP contribution in [0.2, 0.25) is 0 Å². The van der Waals surface area contributed by atoms with E-state index in [4.69, 9.17) is 0 Å². The molecule has 1 nitrogen and oxygen atoms in total. The molecule has 1 aromatic rings. The van der Waals surface area contributed by atoms with Crippen LogP contribution < -0.4 is 0 Å². The highest BCUT2D eigenvalue weighted by Crippen LogP contribution is 2.41. The minimum atomic E-state index is 0.0323. The van der Waals surface area contributed by atoms with E-state index in [1.165, 1.54) is 5.57 Å². The number of hydrogen-bond donors (Lipinski definition) is 0. The average Bonchev–Trinajstić information content (AvgIpc) is 2.31. The molecule has 0 aromatic heterocycles. The minimum absolute atomic E-state index is 0.0323. The van der Waals surface area contributed by atoms with Gasteiger partial charge in [0.05, 0.1) is 5.92 Å². The van der Waals surface area contributed by atoms with Crippen molar-refractivity contribution in [2.24, 2.45) is 5.92 Å². The lowest BCUT2D eigenvalue weighted by Crippen LogP contribution is -2.29. The van der Waals surface area contributed by atoms with Gasteiger partial charge in [0.15, 0.2) is 5.78 Å². The molecule has 16 heavy (non-hydrogen) atoms. The Morgan fingerprint density at radius 3 is 2.94 bits per heavy atom. The van der Waals surface area contributed by atoms with E-state index >= 15 is 0 Å². The highest BCUT2D eigenvalue weighted by molar-refractivity contribution is 8.00. The SMILES string of the molecule is CC1=CC2C(=O)c3ccccc3SC2C=C1. The van der Waals surface area contributed by atoms with Gasteiger partial charge in [-0.15, -0.1) is 11.8 Å². The molecular weight excluding hydrogens is 216 g/mol. The Kier molecular flexibility index (Phi) is 2.25. The largest absolute Gasteiger partial charge is 0.293 e. The summed E-state index contributed by atoms with van der Waals surface area (Å²) in [5, 5.41) is 0.283. The average molecular weight is 228 g/mol. The van der Waals surface area contributed by atoms with Gasteiger partial charge in [-0.25, -0.2) is 0 Å². The summed E-state index contributed by atoms with van der Waals surface area (Å²) in [7, 11) is 0. The van der Waals surface area contributed by atoms with E-state index in [1.54, 1.807) is 11.8 Å². The molecule has 2 aliphatic rings. The summed E-state index contributed by atoms with van der Waals surface area (Å²) in [6.45, 7) is 2.05. The molecule has 1 heterocycles. The Balaban J connectivity index is 2.09. The standard InChI is InChI=1S/C14H12OS/c1-9-6-7-13-11(8-9)14(15)10-4-2-3-5-12(10)16-13/h2-8,11,13H,1H3. The lowest BCUT2D eigenvalue weighted by molar-refractivity contribution is 0.0941. The van der Waals surface area contributed by atoms with Crippen LogP contribution in [0.3, 0.4) is 0 Å². The third kappa shape index (κ3) is 1.45. The van der Waals surface area contributed by atoms with E-state index in [-0.39, 0.29) is 17.0 Å². The summed E-state index contributed by atoms with van der Waals surface area (Å²) in [5.74, 6) is 0.299. The molecule has 0 spiro atoms. The summed E-state index contributed by atoms with van der Waals surface area (Å²) in [6.07, 6.45) is 6.35. The first-order valence-corrected chi connectivity index (χ1v) is 6.30.